The monoisotopic (exact) mass is 290 g/mol. The molecule has 2 aromatic rings. The van der Waals surface area contributed by atoms with Crippen LogP contribution in [0.3, 0.4) is 0 Å². The molecule has 0 saturated heterocycles. The van der Waals surface area contributed by atoms with Crippen molar-refractivity contribution in [3.8, 4) is 0 Å². The van der Waals surface area contributed by atoms with Gasteiger partial charge in [-0.1, -0.05) is 24.3 Å². The van der Waals surface area contributed by atoms with Gasteiger partial charge in [0.05, 0.1) is 5.38 Å². The van der Waals surface area contributed by atoms with Crippen molar-refractivity contribution in [1.82, 2.24) is 0 Å². The first-order chi connectivity index (χ1) is 9.34. The molecule has 106 valence electrons. The van der Waals surface area contributed by atoms with E-state index in [2.05, 4.69) is 33.8 Å². The lowest BCUT2D eigenvalue weighted by Gasteiger charge is -2.20. The smallest absolute Gasteiger partial charge is 0.131 e. The van der Waals surface area contributed by atoms with E-state index < -0.39 is 5.38 Å². The minimum atomic E-state index is -0.450. The summed E-state index contributed by atoms with van der Waals surface area (Å²) in [6.07, 6.45) is 0. The van der Waals surface area contributed by atoms with E-state index in [1.54, 1.807) is 19.1 Å². The first kappa shape index (κ1) is 15.1. The van der Waals surface area contributed by atoms with E-state index in [-0.39, 0.29) is 5.82 Å². The van der Waals surface area contributed by atoms with Crippen molar-refractivity contribution in [1.29, 1.82) is 0 Å². The van der Waals surface area contributed by atoms with Crippen LogP contribution in [0, 0.1) is 40.4 Å². The van der Waals surface area contributed by atoms with Gasteiger partial charge < -0.3 is 0 Å². The highest BCUT2D eigenvalue weighted by molar-refractivity contribution is 6.22. The quantitative estimate of drug-likeness (QED) is 0.623. The largest absolute Gasteiger partial charge is 0.206 e. The fourth-order valence-corrected chi connectivity index (χ4v) is 3.14. The summed E-state index contributed by atoms with van der Waals surface area (Å²) in [5.41, 5.74) is 6.91. The Morgan fingerprint density at radius 2 is 1.45 bits per heavy atom. The van der Waals surface area contributed by atoms with Crippen molar-refractivity contribution >= 4 is 11.6 Å². The molecule has 0 radical (unpaired) electrons. The molecule has 0 spiro atoms. The number of alkyl halides is 1. The molecule has 0 saturated carbocycles. The maximum atomic E-state index is 14.3. The standard InChI is InChI=1S/C18H20ClF/c1-10-7-6-8-15(18(10)20)17(19)16-13(4)11(2)9-12(3)14(16)5/h6-9,17H,1-5H3. The van der Waals surface area contributed by atoms with Crippen LogP contribution in [-0.2, 0) is 0 Å². The van der Waals surface area contributed by atoms with Gasteiger partial charge in [0.1, 0.15) is 5.82 Å². The van der Waals surface area contributed by atoms with Gasteiger partial charge in [0.15, 0.2) is 0 Å². The molecule has 0 aliphatic carbocycles. The number of hydrogen-bond acceptors (Lipinski definition) is 0. The van der Waals surface area contributed by atoms with Crippen LogP contribution in [0.1, 0.15) is 44.3 Å². The topological polar surface area (TPSA) is 0 Å². The fraction of sp³-hybridized carbons (Fsp3) is 0.333. The van der Waals surface area contributed by atoms with Crippen LogP contribution in [0.5, 0.6) is 0 Å². The second-order valence-corrected chi connectivity index (χ2v) is 5.95. The highest BCUT2D eigenvalue weighted by atomic mass is 35.5. The van der Waals surface area contributed by atoms with Crippen molar-refractivity contribution in [2.75, 3.05) is 0 Å². The molecule has 2 aromatic carbocycles. The predicted octanol–water partition coefficient (Wildman–Crippen LogP) is 5.70. The maximum absolute atomic E-state index is 14.3. The Balaban J connectivity index is 2.65. The third-order valence-corrected chi connectivity index (χ3v) is 4.63. The molecule has 0 aromatic heterocycles. The molecule has 0 N–H and O–H groups in total. The third-order valence-electron chi connectivity index (χ3n) is 4.17. The summed E-state index contributed by atoms with van der Waals surface area (Å²) in [5, 5.41) is -0.450. The summed E-state index contributed by atoms with van der Waals surface area (Å²) in [7, 11) is 0. The first-order valence-electron chi connectivity index (χ1n) is 6.81. The Bertz CT molecular complexity index is 633. The minimum absolute atomic E-state index is 0.203. The zero-order valence-corrected chi connectivity index (χ0v) is 13.4. The highest BCUT2D eigenvalue weighted by Gasteiger charge is 2.21. The van der Waals surface area contributed by atoms with Gasteiger partial charge in [-0.3, -0.25) is 0 Å². The SMILES string of the molecule is Cc1cc(C)c(C)c(C(Cl)c2cccc(C)c2F)c1C. The first-order valence-corrected chi connectivity index (χ1v) is 7.24. The second kappa shape index (κ2) is 5.57. The summed E-state index contributed by atoms with van der Waals surface area (Å²) < 4.78 is 14.3. The lowest BCUT2D eigenvalue weighted by atomic mass is 9.89. The molecular formula is C18H20ClF. The zero-order valence-electron chi connectivity index (χ0n) is 12.6. The Hall–Kier alpha value is -1.34. The Labute approximate surface area is 125 Å². The van der Waals surface area contributed by atoms with E-state index in [9.17, 15) is 4.39 Å². The van der Waals surface area contributed by atoms with Crippen LogP contribution >= 0.6 is 11.6 Å². The molecular weight excluding hydrogens is 271 g/mol. The van der Waals surface area contributed by atoms with Gasteiger partial charge in [0.25, 0.3) is 0 Å². The van der Waals surface area contributed by atoms with Crippen molar-refractivity contribution in [2.45, 2.75) is 40.0 Å². The Morgan fingerprint density at radius 1 is 0.900 bits per heavy atom. The summed E-state index contributed by atoms with van der Waals surface area (Å²) in [6, 6.07) is 7.56. The normalized spacial score (nSPS) is 12.6. The van der Waals surface area contributed by atoms with E-state index in [4.69, 9.17) is 11.6 Å². The lowest BCUT2D eigenvalue weighted by molar-refractivity contribution is 0.603. The van der Waals surface area contributed by atoms with E-state index >= 15 is 0 Å². The van der Waals surface area contributed by atoms with Crippen molar-refractivity contribution in [2.24, 2.45) is 0 Å². The average Bonchev–Trinajstić information content (AvgIpc) is 2.40. The number of rotatable bonds is 2. The van der Waals surface area contributed by atoms with Gasteiger partial charge in [-0.25, -0.2) is 4.39 Å². The molecule has 0 amide bonds. The Kier molecular flexibility index (Phi) is 4.19. The third kappa shape index (κ3) is 2.47. The van der Waals surface area contributed by atoms with Crippen LogP contribution in [0.25, 0.3) is 0 Å². The number of aryl methyl sites for hydroxylation is 3. The van der Waals surface area contributed by atoms with Gasteiger partial charge in [-0.05, 0) is 68.0 Å². The van der Waals surface area contributed by atoms with E-state index in [1.807, 2.05) is 6.07 Å². The number of halogens is 2. The van der Waals surface area contributed by atoms with Crippen LogP contribution in [-0.4, -0.2) is 0 Å². The van der Waals surface area contributed by atoms with Crippen LogP contribution in [0.4, 0.5) is 4.39 Å². The molecule has 0 heterocycles. The molecule has 0 aliphatic rings. The van der Waals surface area contributed by atoms with Crippen molar-refractivity contribution in [3.05, 3.63) is 69.0 Å². The summed E-state index contributed by atoms with van der Waals surface area (Å²) in [6.45, 7) is 10.0. The molecule has 1 atom stereocenters. The van der Waals surface area contributed by atoms with Crippen LogP contribution < -0.4 is 0 Å². The predicted molar refractivity (Wildman–Crippen MR) is 84.2 cm³/mol. The minimum Gasteiger partial charge on any atom is -0.206 e. The van der Waals surface area contributed by atoms with Gasteiger partial charge in [-0.15, -0.1) is 11.6 Å². The summed E-state index contributed by atoms with van der Waals surface area (Å²) in [4.78, 5) is 0. The van der Waals surface area contributed by atoms with Crippen LogP contribution in [0.2, 0.25) is 0 Å². The van der Waals surface area contributed by atoms with Crippen LogP contribution in [0.15, 0.2) is 24.3 Å². The fourth-order valence-electron chi connectivity index (χ4n) is 2.65. The molecule has 1 unspecified atom stereocenters. The van der Waals surface area contributed by atoms with Crippen molar-refractivity contribution in [3.63, 3.8) is 0 Å². The molecule has 0 aliphatic heterocycles. The zero-order chi connectivity index (χ0) is 15.0. The average molecular weight is 291 g/mol. The van der Waals surface area contributed by atoms with Gasteiger partial charge in [0.2, 0.25) is 0 Å². The summed E-state index contributed by atoms with van der Waals surface area (Å²) >= 11 is 6.62. The molecule has 0 nitrogen and oxygen atoms in total. The highest BCUT2D eigenvalue weighted by Crippen LogP contribution is 2.37. The molecule has 2 rings (SSSR count). The van der Waals surface area contributed by atoms with Gasteiger partial charge in [0, 0.05) is 5.56 Å². The number of hydrogen-bond donors (Lipinski definition) is 0. The summed E-state index contributed by atoms with van der Waals surface area (Å²) in [5.74, 6) is -0.203. The maximum Gasteiger partial charge on any atom is 0.131 e. The van der Waals surface area contributed by atoms with Gasteiger partial charge in [-0.2, -0.15) is 0 Å². The van der Waals surface area contributed by atoms with Crippen molar-refractivity contribution < 1.29 is 4.39 Å². The molecule has 20 heavy (non-hydrogen) atoms. The Morgan fingerprint density at radius 3 is 2.00 bits per heavy atom. The molecule has 0 bridgehead atoms. The van der Waals surface area contributed by atoms with E-state index in [1.165, 1.54) is 11.1 Å². The molecule has 0 fully saturated rings. The lowest BCUT2D eigenvalue weighted by Crippen LogP contribution is -2.05. The van der Waals surface area contributed by atoms with E-state index in [0.717, 1.165) is 16.7 Å². The van der Waals surface area contributed by atoms with Gasteiger partial charge >= 0.3 is 0 Å². The second-order valence-electron chi connectivity index (χ2n) is 5.51. The molecule has 2 heteroatoms. The van der Waals surface area contributed by atoms with E-state index in [0.29, 0.717) is 11.1 Å². The number of benzene rings is 2.